The molecule has 3 heterocycles. The van der Waals surface area contributed by atoms with E-state index in [1.807, 2.05) is 18.0 Å². The second-order valence-corrected chi connectivity index (χ2v) is 7.42. The van der Waals surface area contributed by atoms with E-state index in [1.54, 1.807) is 0 Å². The summed E-state index contributed by atoms with van der Waals surface area (Å²) in [7, 11) is 0. The van der Waals surface area contributed by atoms with Crippen molar-refractivity contribution < 1.29 is 4.79 Å². The van der Waals surface area contributed by atoms with Crippen molar-refractivity contribution in [3.05, 3.63) is 17.5 Å². The van der Waals surface area contributed by atoms with E-state index in [0.717, 1.165) is 75.9 Å². The molecule has 1 unspecified atom stereocenters. The van der Waals surface area contributed by atoms with Crippen molar-refractivity contribution in [3.63, 3.8) is 0 Å². The highest BCUT2D eigenvalue weighted by Crippen LogP contribution is 2.14. The highest BCUT2D eigenvalue weighted by Gasteiger charge is 2.30. The second kappa shape index (κ2) is 9.21. The molecule has 1 amide bonds. The lowest BCUT2D eigenvalue weighted by molar-refractivity contribution is -0.135. The topological polar surface area (TPSA) is 79.9 Å². The van der Waals surface area contributed by atoms with E-state index in [-0.39, 0.29) is 11.9 Å². The lowest BCUT2D eigenvalue weighted by Gasteiger charge is -2.39. The fourth-order valence-electron chi connectivity index (χ4n) is 3.80. The quantitative estimate of drug-likeness (QED) is 0.588. The van der Waals surface area contributed by atoms with Crippen molar-refractivity contribution in [2.75, 3.05) is 45.8 Å². The molecule has 2 fully saturated rings. The van der Waals surface area contributed by atoms with Crippen molar-refractivity contribution in [2.24, 2.45) is 4.99 Å². The van der Waals surface area contributed by atoms with Crippen LogP contribution in [0.5, 0.6) is 0 Å². The van der Waals surface area contributed by atoms with Crippen LogP contribution in [-0.4, -0.2) is 88.6 Å². The number of piperazine rings is 1. The first-order chi connectivity index (χ1) is 13.1. The van der Waals surface area contributed by atoms with Crippen LogP contribution in [0.2, 0.25) is 0 Å². The Balaban J connectivity index is 1.55. The maximum atomic E-state index is 12.7. The van der Waals surface area contributed by atoms with Gasteiger partial charge >= 0.3 is 0 Å². The minimum absolute atomic E-state index is 0.0293. The first-order valence-corrected chi connectivity index (χ1v) is 10.1. The van der Waals surface area contributed by atoms with Gasteiger partial charge in [-0.15, -0.1) is 0 Å². The van der Waals surface area contributed by atoms with Crippen LogP contribution >= 0.6 is 0 Å². The molecule has 1 aromatic heterocycles. The van der Waals surface area contributed by atoms with E-state index >= 15 is 0 Å². The van der Waals surface area contributed by atoms with Gasteiger partial charge in [0.1, 0.15) is 0 Å². The molecule has 2 aliphatic rings. The molecular weight excluding hydrogens is 342 g/mol. The Hall–Kier alpha value is -2.09. The number of aliphatic imine (C=N–C) groups is 1. The first-order valence-electron chi connectivity index (χ1n) is 10.1. The van der Waals surface area contributed by atoms with Gasteiger partial charge in [-0.05, 0) is 33.6 Å². The van der Waals surface area contributed by atoms with E-state index in [2.05, 4.69) is 39.2 Å². The molecule has 0 radical (unpaired) electrons. The molecule has 2 aliphatic heterocycles. The Morgan fingerprint density at radius 3 is 2.52 bits per heavy atom. The van der Waals surface area contributed by atoms with Gasteiger partial charge in [0.2, 0.25) is 5.91 Å². The summed E-state index contributed by atoms with van der Waals surface area (Å²) < 4.78 is 0. The predicted molar refractivity (Wildman–Crippen MR) is 107 cm³/mol. The number of carbonyl (C=O) groups is 1. The van der Waals surface area contributed by atoms with Gasteiger partial charge in [0, 0.05) is 57.1 Å². The fourth-order valence-corrected chi connectivity index (χ4v) is 3.80. The molecule has 0 bridgehead atoms. The summed E-state index contributed by atoms with van der Waals surface area (Å²) in [5, 5.41) is 10.4. The van der Waals surface area contributed by atoms with Gasteiger partial charge in [0.25, 0.3) is 0 Å². The molecule has 1 atom stereocenters. The maximum Gasteiger partial charge on any atom is 0.239 e. The zero-order valence-electron chi connectivity index (χ0n) is 16.9. The molecule has 2 saturated heterocycles. The van der Waals surface area contributed by atoms with Crippen LogP contribution < -0.4 is 5.32 Å². The van der Waals surface area contributed by atoms with Crippen molar-refractivity contribution in [1.29, 1.82) is 0 Å². The summed E-state index contributed by atoms with van der Waals surface area (Å²) in [6, 6.07) is -0.0293. The molecule has 0 aromatic carbocycles. The van der Waals surface area contributed by atoms with Crippen molar-refractivity contribution in [2.45, 2.75) is 46.2 Å². The average Bonchev–Trinajstić information content (AvgIpc) is 3.36. The number of hydrogen-bond acceptors (Lipinski definition) is 4. The molecule has 27 heavy (non-hydrogen) atoms. The third-order valence-corrected chi connectivity index (χ3v) is 5.61. The molecular formula is C19H33N7O. The van der Waals surface area contributed by atoms with Crippen molar-refractivity contribution >= 4 is 11.9 Å². The van der Waals surface area contributed by atoms with E-state index < -0.39 is 0 Å². The molecule has 0 aliphatic carbocycles. The van der Waals surface area contributed by atoms with E-state index in [4.69, 9.17) is 4.99 Å². The van der Waals surface area contributed by atoms with Crippen LogP contribution in [-0.2, 0) is 11.3 Å². The van der Waals surface area contributed by atoms with Gasteiger partial charge < -0.3 is 15.1 Å². The zero-order chi connectivity index (χ0) is 19.2. The third-order valence-electron chi connectivity index (χ3n) is 5.61. The number of aromatic amines is 1. The average molecular weight is 376 g/mol. The summed E-state index contributed by atoms with van der Waals surface area (Å²) >= 11 is 0. The number of likely N-dealkylation sites (tertiary alicyclic amines) is 1. The van der Waals surface area contributed by atoms with Crippen LogP contribution in [0.25, 0.3) is 0 Å². The molecule has 8 heteroatoms. The lowest BCUT2D eigenvalue weighted by Crippen LogP contribution is -2.57. The Bertz CT molecular complexity index is 642. The number of carbonyl (C=O) groups excluding carboxylic acids is 1. The lowest BCUT2D eigenvalue weighted by atomic mass is 10.2. The van der Waals surface area contributed by atoms with Gasteiger partial charge in [-0.1, -0.05) is 0 Å². The molecule has 2 N–H and O–H groups in total. The number of guanidine groups is 1. The summed E-state index contributed by atoms with van der Waals surface area (Å²) in [5.41, 5.74) is 2.18. The van der Waals surface area contributed by atoms with Crippen LogP contribution in [0, 0.1) is 6.92 Å². The fraction of sp³-hybridized carbons (Fsp3) is 0.737. The Labute approximate surface area is 162 Å². The zero-order valence-corrected chi connectivity index (χ0v) is 16.9. The smallest absolute Gasteiger partial charge is 0.239 e. The standard InChI is InChI=1S/C19H33N7O/c1-4-20-19(21-13-17-14-22-23-15(17)2)26-11-9-24(10-12-26)16(3)18(27)25-7-5-6-8-25/h14,16H,4-13H2,1-3H3,(H,20,21)(H,22,23). The van der Waals surface area contributed by atoms with Gasteiger partial charge in [-0.2, -0.15) is 5.10 Å². The third kappa shape index (κ3) is 4.80. The highest BCUT2D eigenvalue weighted by molar-refractivity contribution is 5.82. The van der Waals surface area contributed by atoms with Crippen LogP contribution in [0.1, 0.15) is 37.9 Å². The number of aryl methyl sites for hydroxylation is 1. The monoisotopic (exact) mass is 375 g/mol. The number of rotatable bonds is 5. The maximum absolute atomic E-state index is 12.7. The van der Waals surface area contributed by atoms with Gasteiger partial charge in [0.15, 0.2) is 5.96 Å². The van der Waals surface area contributed by atoms with E-state index in [1.165, 1.54) is 0 Å². The normalized spacial score (nSPS) is 20.2. The summed E-state index contributed by atoms with van der Waals surface area (Å²) in [6.45, 7) is 13.0. The van der Waals surface area contributed by atoms with Crippen molar-refractivity contribution in [1.82, 2.24) is 30.2 Å². The van der Waals surface area contributed by atoms with Gasteiger partial charge in [-0.3, -0.25) is 14.8 Å². The van der Waals surface area contributed by atoms with Crippen LogP contribution in [0.15, 0.2) is 11.2 Å². The van der Waals surface area contributed by atoms with Crippen LogP contribution in [0.4, 0.5) is 0 Å². The molecule has 0 spiro atoms. The second-order valence-electron chi connectivity index (χ2n) is 7.42. The number of nitrogens with one attached hydrogen (secondary N) is 2. The summed E-state index contributed by atoms with van der Waals surface area (Å²) in [6.07, 6.45) is 4.13. The van der Waals surface area contributed by atoms with Gasteiger partial charge in [-0.25, -0.2) is 4.99 Å². The van der Waals surface area contributed by atoms with Crippen LogP contribution in [0.3, 0.4) is 0 Å². The number of amides is 1. The van der Waals surface area contributed by atoms with Gasteiger partial charge in [0.05, 0.1) is 18.8 Å². The predicted octanol–water partition coefficient (Wildman–Crippen LogP) is 0.812. The van der Waals surface area contributed by atoms with Crippen molar-refractivity contribution in [3.8, 4) is 0 Å². The molecule has 1 aromatic rings. The minimum atomic E-state index is -0.0293. The summed E-state index contributed by atoms with van der Waals surface area (Å²) in [5.74, 6) is 1.23. The number of aromatic nitrogens is 2. The van der Waals surface area contributed by atoms with E-state index in [0.29, 0.717) is 6.54 Å². The van der Waals surface area contributed by atoms with E-state index in [9.17, 15) is 4.79 Å². The number of H-pyrrole nitrogens is 1. The number of nitrogens with zero attached hydrogens (tertiary/aromatic N) is 5. The highest BCUT2D eigenvalue weighted by atomic mass is 16.2. The summed E-state index contributed by atoms with van der Waals surface area (Å²) in [4.78, 5) is 24.1. The first kappa shape index (κ1) is 19.7. The molecule has 0 saturated carbocycles. The molecule has 3 rings (SSSR count). The molecule has 150 valence electrons. The SMILES string of the molecule is CCNC(=NCc1cn[nH]c1C)N1CCN(C(C)C(=O)N2CCCC2)CC1. The minimum Gasteiger partial charge on any atom is -0.357 e. The Morgan fingerprint density at radius 1 is 1.22 bits per heavy atom. The Morgan fingerprint density at radius 2 is 1.93 bits per heavy atom. The Kier molecular flexibility index (Phi) is 6.71. The largest absolute Gasteiger partial charge is 0.357 e. The number of hydrogen-bond donors (Lipinski definition) is 2. The molecule has 8 nitrogen and oxygen atoms in total.